The fourth-order valence-corrected chi connectivity index (χ4v) is 1.69. The number of phenols is 1. The van der Waals surface area contributed by atoms with Gasteiger partial charge in [0.25, 0.3) is 0 Å². The lowest BCUT2D eigenvalue weighted by Crippen LogP contribution is -2.00. The molecule has 3 nitrogen and oxygen atoms in total. The number of phenolic OH excluding ortho intramolecular Hbond substituents is 1. The van der Waals surface area contributed by atoms with E-state index in [1.54, 1.807) is 0 Å². The lowest BCUT2D eigenvalue weighted by atomic mass is 10.1. The van der Waals surface area contributed by atoms with E-state index in [2.05, 4.69) is 0 Å². The molecular weight excluding hydrogens is 202 g/mol. The molecule has 0 saturated heterocycles. The Bertz CT molecular complexity index is 339. The summed E-state index contributed by atoms with van der Waals surface area (Å²) in [6.07, 6.45) is 0.788. The molecular formula is C10H14ClNO2. The van der Waals surface area contributed by atoms with E-state index in [4.69, 9.17) is 22.1 Å². The summed E-state index contributed by atoms with van der Waals surface area (Å²) >= 11 is 5.93. The van der Waals surface area contributed by atoms with Crippen LogP contribution in [0, 0.1) is 0 Å². The predicted octanol–water partition coefficient (Wildman–Crippen LogP) is 2.08. The third kappa shape index (κ3) is 1.79. The molecule has 4 heteroatoms. The molecule has 3 N–H and O–H groups in total. The molecule has 14 heavy (non-hydrogen) atoms. The number of benzene rings is 1. The summed E-state index contributed by atoms with van der Waals surface area (Å²) in [7, 11) is 1.53. The Kier molecular flexibility index (Phi) is 3.61. The maximum atomic E-state index is 9.64. The van der Waals surface area contributed by atoms with E-state index in [-0.39, 0.29) is 17.3 Å². The molecule has 0 aromatic heterocycles. The highest BCUT2D eigenvalue weighted by atomic mass is 35.5. The summed E-state index contributed by atoms with van der Waals surface area (Å²) in [4.78, 5) is 0. The molecule has 0 bridgehead atoms. The highest BCUT2D eigenvalue weighted by molar-refractivity contribution is 6.33. The number of halogens is 1. The molecule has 1 aromatic carbocycles. The Labute approximate surface area is 88.4 Å². The first-order valence-corrected chi connectivity index (χ1v) is 4.80. The van der Waals surface area contributed by atoms with Crippen LogP contribution in [-0.2, 0) is 13.0 Å². The van der Waals surface area contributed by atoms with Crippen LogP contribution in [0.4, 0.5) is 0 Å². The molecule has 0 amide bonds. The summed E-state index contributed by atoms with van der Waals surface area (Å²) < 4.78 is 5.11. The number of ether oxygens (including phenoxy) is 1. The third-order valence-electron chi connectivity index (χ3n) is 2.16. The lowest BCUT2D eigenvalue weighted by Gasteiger charge is -2.13. The second kappa shape index (κ2) is 4.53. The normalized spacial score (nSPS) is 10.3. The molecule has 78 valence electrons. The zero-order valence-corrected chi connectivity index (χ0v) is 9.06. The van der Waals surface area contributed by atoms with E-state index in [1.807, 2.05) is 13.0 Å². The summed E-state index contributed by atoms with van der Waals surface area (Å²) in [5.74, 6) is 0.548. The highest BCUT2D eigenvalue weighted by Gasteiger charge is 2.14. The van der Waals surface area contributed by atoms with Gasteiger partial charge in [0.2, 0.25) is 0 Å². The molecule has 0 aliphatic rings. The zero-order valence-electron chi connectivity index (χ0n) is 8.30. The molecule has 0 heterocycles. The molecule has 0 saturated carbocycles. The molecule has 0 fully saturated rings. The second-order valence-electron chi connectivity index (χ2n) is 2.95. The number of aryl methyl sites for hydroxylation is 1. The van der Waals surface area contributed by atoms with Gasteiger partial charge in [0.15, 0.2) is 0 Å². The van der Waals surface area contributed by atoms with Crippen LogP contribution in [0.3, 0.4) is 0 Å². The van der Waals surface area contributed by atoms with E-state index in [0.717, 1.165) is 12.0 Å². The van der Waals surface area contributed by atoms with Gasteiger partial charge in [-0.1, -0.05) is 18.5 Å². The Balaban J connectivity index is 3.38. The molecule has 0 unspecified atom stereocenters. The smallest absolute Gasteiger partial charge is 0.144 e. The molecule has 1 aromatic rings. The van der Waals surface area contributed by atoms with Crippen LogP contribution in [-0.4, -0.2) is 12.2 Å². The Morgan fingerprint density at radius 3 is 2.57 bits per heavy atom. The zero-order chi connectivity index (χ0) is 10.7. The number of nitrogens with two attached hydrogens (primary N) is 1. The predicted molar refractivity (Wildman–Crippen MR) is 56.9 cm³/mol. The van der Waals surface area contributed by atoms with Gasteiger partial charge in [0.05, 0.1) is 7.11 Å². The second-order valence-corrected chi connectivity index (χ2v) is 3.33. The van der Waals surface area contributed by atoms with Crippen LogP contribution in [0.15, 0.2) is 6.07 Å². The van der Waals surface area contributed by atoms with Gasteiger partial charge in [0, 0.05) is 12.1 Å². The molecule has 0 aliphatic carbocycles. The van der Waals surface area contributed by atoms with Crippen molar-refractivity contribution in [3.05, 3.63) is 22.2 Å². The Morgan fingerprint density at radius 2 is 2.14 bits per heavy atom. The SMILES string of the molecule is CCc1cc(CN)c(O)c(Cl)c1OC. The van der Waals surface area contributed by atoms with Crippen LogP contribution in [0.2, 0.25) is 5.02 Å². The molecule has 0 spiro atoms. The number of aromatic hydroxyl groups is 1. The summed E-state index contributed by atoms with van der Waals surface area (Å²) in [6, 6.07) is 1.82. The molecule has 1 rings (SSSR count). The van der Waals surface area contributed by atoms with Crippen molar-refractivity contribution < 1.29 is 9.84 Å². The van der Waals surface area contributed by atoms with Crippen molar-refractivity contribution in [2.24, 2.45) is 5.73 Å². The Morgan fingerprint density at radius 1 is 1.50 bits per heavy atom. The standard InChI is InChI=1S/C10H14ClNO2/c1-3-6-4-7(5-12)9(13)8(11)10(6)14-2/h4,13H,3,5,12H2,1-2H3. The molecule has 0 aliphatic heterocycles. The van der Waals surface area contributed by atoms with Crippen molar-refractivity contribution in [2.45, 2.75) is 19.9 Å². The van der Waals surface area contributed by atoms with Crippen molar-refractivity contribution in [3.8, 4) is 11.5 Å². The van der Waals surface area contributed by atoms with Crippen LogP contribution < -0.4 is 10.5 Å². The minimum absolute atomic E-state index is 0.0169. The maximum absolute atomic E-state index is 9.64. The Hall–Kier alpha value is -0.930. The first-order chi connectivity index (χ1) is 6.65. The number of methoxy groups -OCH3 is 1. The van der Waals surface area contributed by atoms with E-state index < -0.39 is 0 Å². The van der Waals surface area contributed by atoms with Crippen LogP contribution in [0.25, 0.3) is 0 Å². The number of rotatable bonds is 3. The highest BCUT2D eigenvalue weighted by Crippen LogP contribution is 2.39. The summed E-state index contributed by atoms with van der Waals surface area (Å²) in [6.45, 7) is 2.26. The first kappa shape index (κ1) is 11.1. The fourth-order valence-electron chi connectivity index (χ4n) is 1.37. The van der Waals surface area contributed by atoms with Crippen LogP contribution >= 0.6 is 11.6 Å². The van der Waals surface area contributed by atoms with Crippen molar-refractivity contribution in [3.63, 3.8) is 0 Å². The monoisotopic (exact) mass is 215 g/mol. The molecule has 0 radical (unpaired) electrons. The van der Waals surface area contributed by atoms with Crippen molar-refractivity contribution in [1.29, 1.82) is 0 Å². The van der Waals surface area contributed by atoms with E-state index in [9.17, 15) is 5.11 Å². The maximum Gasteiger partial charge on any atom is 0.144 e. The largest absolute Gasteiger partial charge is 0.506 e. The minimum Gasteiger partial charge on any atom is -0.506 e. The van der Waals surface area contributed by atoms with Crippen molar-refractivity contribution in [2.75, 3.05) is 7.11 Å². The van der Waals surface area contributed by atoms with E-state index >= 15 is 0 Å². The topological polar surface area (TPSA) is 55.5 Å². The summed E-state index contributed by atoms with van der Waals surface area (Å²) in [5, 5.41) is 9.88. The quantitative estimate of drug-likeness (QED) is 0.812. The van der Waals surface area contributed by atoms with Gasteiger partial charge in [-0.05, 0) is 18.1 Å². The van der Waals surface area contributed by atoms with Gasteiger partial charge in [0.1, 0.15) is 16.5 Å². The van der Waals surface area contributed by atoms with Crippen LogP contribution in [0.1, 0.15) is 18.1 Å². The van der Waals surface area contributed by atoms with E-state index in [0.29, 0.717) is 11.3 Å². The van der Waals surface area contributed by atoms with Gasteiger partial charge in [-0.2, -0.15) is 0 Å². The average molecular weight is 216 g/mol. The lowest BCUT2D eigenvalue weighted by molar-refractivity contribution is 0.402. The van der Waals surface area contributed by atoms with Gasteiger partial charge >= 0.3 is 0 Å². The minimum atomic E-state index is 0.0169. The number of hydrogen-bond donors (Lipinski definition) is 2. The van der Waals surface area contributed by atoms with Gasteiger partial charge in [-0.25, -0.2) is 0 Å². The first-order valence-electron chi connectivity index (χ1n) is 4.42. The third-order valence-corrected chi connectivity index (χ3v) is 2.51. The van der Waals surface area contributed by atoms with Crippen LogP contribution in [0.5, 0.6) is 11.5 Å². The number of hydrogen-bond acceptors (Lipinski definition) is 3. The van der Waals surface area contributed by atoms with E-state index in [1.165, 1.54) is 7.11 Å². The molecule has 0 atom stereocenters. The van der Waals surface area contributed by atoms with Crippen molar-refractivity contribution >= 4 is 11.6 Å². The van der Waals surface area contributed by atoms with Gasteiger partial charge < -0.3 is 15.6 Å². The summed E-state index contributed by atoms with van der Waals surface area (Å²) in [5.41, 5.74) is 7.08. The van der Waals surface area contributed by atoms with Gasteiger partial charge in [-0.3, -0.25) is 0 Å². The van der Waals surface area contributed by atoms with Crippen molar-refractivity contribution in [1.82, 2.24) is 0 Å². The fraction of sp³-hybridized carbons (Fsp3) is 0.400. The van der Waals surface area contributed by atoms with Gasteiger partial charge in [-0.15, -0.1) is 0 Å². The average Bonchev–Trinajstić information content (AvgIpc) is 2.21.